The van der Waals surface area contributed by atoms with Gasteiger partial charge in [0.1, 0.15) is 5.56 Å². The van der Waals surface area contributed by atoms with Crippen molar-refractivity contribution in [2.45, 2.75) is 13.5 Å². The Kier molecular flexibility index (Phi) is 3.50. The van der Waals surface area contributed by atoms with Crippen LogP contribution in [0.3, 0.4) is 0 Å². The van der Waals surface area contributed by atoms with Crippen LogP contribution in [-0.4, -0.2) is 45.7 Å². The highest BCUT2D eigenvalue weighted by Crippen LogP contribution is 2.14. The number of aryl methyl sites for hydroxylation is 1. The van der Waals surface area contributed by atoms with E-state index in [9.17, 15) is 14.4 Å². The van der Waals surface area contributed by atoms with Gasteiger partial charge in [-0.15, -0.1) is 0 Å². The van der Waals surface area contributed by atoms with Gasteiger partial charge in [-0.1, -0.05) is 0 Å². The van der Waals surface area contributed by atoms with Gasteiger partial charge in [-0.3, -0.25) is 14.4 Å². The van der Waals surface area contributed by atoms with Crippen LogP contribution in [0.5, 0.6) is 0 Å². The van der Waals surface area contributed by atoms with Crippen LogP contribution in [0, 0.1) is 0 Å². The van der Waals surface area contributed by atoms with Crippen molar-refractivity contribution < 1.29 is 19.1 Å². The number of esters is 1. The third-order valence-corrected chi connectivity index (χ3v) is 2.80. The second-order valence-electron chi connectivity index (χ2n) is 3.99. The minimum Gasteiger partial charge on any atom is -0.462 e. The molecule has 2 rings (SSSR count). The van der Waals surface area contributed by atoms with Crippen molar-refractivity contribution in [3.05, 3.63) is 17.5 Å². The number of hydrogen-bond donors (Lipinski definition) is 1. The molecule has 0 bridgehead atoms. The average Bonchev–Trinajstić information content (AvgIpc) is 2.88. The van der Waals surface area contributed by atoms with Gasteiger partial charge in [0.15, 0.2) is 0 Å². The van der Waals surface area contributed by atoms with E-state index in [0.29, 0.717) is 5.69 Å². The fourth-order valence-corrected chi connectivity index (χ4v) is 1.79. The molecule has 102 valence electrons. The van der Waals surface area contributed by atoms with E-state index < -0.39 is 12.0 Å². The van der Waals surface area contributed by atoms with Crippen molar-refractivity contribution >= 4 is 17.9 Å². The van der Waals surface area contributed by atoms with E-state index >= 15 is 0 Å². The normalized spacial score (nSPS) is 14.7. The number of carbonyl (C=O) groups excluding carboxylic acids is 3. The third kappa shape index (κ3) is 2.42. The van der Waals surface area contributed by atoms with Gasteiger partial charge in [-0.05, 0) is 6.92 Å². The maximum absolute atomic E-state index is 11.7. The van der Waals surface area contributed by atoms with Crippen molar-refractivity contribution in [3.63, 3.8) is 0 Å². The Balaban J connectivity index is 2.24. The molecule has 2 heterocycles. The topological polar surface area (TPSA) is 93.5 Å². The number of rotatable bonds is 4. The fraction of sp³-hybridized carbons (Fsp3) is 0.455. The van der Waals surface area contributed by atoms with Gasteiger partial charge in [-0.2, -0.15) is 5.10 Å². The number of amides is 3. The van der Waals surface area contributed by atoms with Crippen molar-refractivity contribution in [2.24, 2.45) is 7.05 Å². The Labute approximate surface area is 109 Å². The molecule has 0 aromatic carbocycles. The summed E-state index contributed by atoms with van der Waals surface area (Å²) in [6.07, 6.45) is 1.37. The Morgan fingerprint density at radius 3 is 2.84 bits per heavy atom. The van der Waals surface area contributed by atoms with Crippen molar-refractivity contribution in [1.29, 1.82) is 0 Å². The van der Waals surface area contributed by atoms with Gasteiger partial charge in [0, 0.05) is 7.05 Å². The summed E-state index contributed by atoms with van der Waals surface area (Å²) in [5.74, 6) is -0.848. The minimum absolute atomic E-state index is 0.00465. The van der Waals surface area contributed by atoms with Crippen LogP contribution >= 0.6 is 0 Å². The first-order valence-electron chi connectivity index (χ1n) is 5.80. The number of nitrogens with one attached hydrogen (secondary N) is 1. The lowest BCUT2D eigenvalue weighted by Crippen LogP contribution is -2.31. The molecule has 0 radical (unpaired) electrons. The third-order valence-electron chi connectivity index (χ3n) is 2.80. The number of aromatic nitrogens is 2. The van der Waals surface area contributed by atoms with Crippen LogP contribution in [0.2, 0.25) is 0 Å². The lowest BCUT2D eigenvalue weighted by Gasteiger charge is -2.13. The lowest BCUT2D eigenvalue weighted by molar-refractivity contribution is -0.125. The molecule has 0 saturated carbocycles. The highest BCUT2D eigenvalue weighted by molar-refractivity contribution is 6.02. The standard InChI is InChI=1S/C11H14N4O4/c1-3-19-10(17)7-4-13-14(2)8(7)6-15-9(16)5-12-11(15)18/h4H,3,5-6H2,1-2H3,(H,12,18). The minimum atomic E-state index is -0.516. The molecule has 1 aromatic rings. The highest BCUT2D eigenvalue weighted by atomic mass is 16.5. The predicted octanol–water partition coefficient (Wildman–Crippen LogP) is -0.351. The molecular weight excluding hydrogens is 252 g/mol. The molecule has 0 aliphatic carbocycles. The number of carbonyl (C=O) groups is 3. The summed E-state index contributed by atoms with van der Waals surface area (Å²) in [6.45, 7) is 1.92. The second-order valence-corrected chi connectivity index (χ2v) is 3.99. The highest BCUT2D eigenvalue weighted by Gasteiger charge is 2.31. The monoisotopic (exact) mass is 266 g/mol. The van der Waals surface area contributed by atoms with Crippen LogP contribution in [0.1, 0.15) is 23.0 Å². The predicted molar refractivity (Wildman–Crippen MR) is 63.1 cm³/mol. The van der Waals surface area contributed by atoms with E-state index in [-0.39, 0.29) is 31.2 Å². The van der Waals surface area contributed by atoms with Crippen LogP contribution < -0.4 is 5.32 Å². The SMILES string of the molecule is CCOC(=O)c1cnn(C)c1CN1C(=O)CNC1=O. The zero-order valence-electron chi connectivity index (χ0n) is 10.7. The zero-order valence-corrected chi connectivity index (χ0v) is 10.7. The number of ether oxygens (including phenoxy) is 1. The van der Waals surface area contributed by atoms with Gasteiger partial charge in [0.05, 0.1) is 31.6 Å². The van der Waals surface area contributed by atoms with E-state index in [1.807, 2.05) is 0 Å². The Morgan fingerprint density at radius 2 is 2.26 bits per heavy atom. The first-order valence-corrected chi connectivity index (χ1v) is 5.80. The van der Waals surface area contributed by atoms with E-state index in [1.54, 1.807) is 14.0 Å². The van der Waals surface area contributed by atoms with Gasteiger partial charge < -0.3 is 10.1 Å². The van der Waals surface area contributed by atoms with Gasteiger partial charge in [0.25, 0.3) is 0 Å². The van der Waals surface area contributed by atoms with E-state index in [4.69, 9.17) is 4.74 Å². The van der Waals surface area contributed by atoms with Crippen molar-refractivity contribution in [3.8, 4) is 0 Å². The van der Waals surface area contributed by atoms with Gasteiger partial charge in [-0.25, -0.2) is 9.59 Å². The summed E-state index contributed by atoms with van der Waals surface area (Å²) >= 11 is 0. The summed E-state index contributed by atoms with van der Waals surface area (Å²) in [5, 5.41) is 6.37. The number of nitrogens with zero attached hydrogens (tertiary/aromatic N) is 3. The molecule has 8 heteroatoms. The first kappa shape index (κ1) is 13.1. The van der Waals surface area contributed by atoms with E-state index in [2.05, 4.69) is 10.4 Å². The smallest absolute Gasteiger partial charge is 0.341 e. The summed E-state index contributed by atoms with van der Waals surface area (Å²) in [4.78, 5) is 35.8. The van der Waals surface area contributed by atoms with Gasteiger partial charge >= 0.3 is 12.0 Å². The van der Waals surface area contributed by atoms with Crippen molar-refractivity contribution in [1.82, 2.24) is 20.0 Å². The number of hydrogen-bond acceptors (Lipinski definition) is 5. The molecule has 0 unspecified atom stereocenters. The molecule has 1 saturated heterocycles. The Hall–Kier alpha value is -2.38. The lowest BCUT2D eigenvalue weighted by atomic mass is 10.2. The first-order chi connectivity index (χ1) is 9.04. The summed E-state index contributed by atoms with van der Waals surface area (Å²) in [5.41, 5.74) is 0.723. The Bertz CT molecular complexity index is 521. The molecule has 1 aliphatic rings. The van der Waals surface area contributed by atoms with Crippen LogP contribution in [-0.2, 0) is 23.1 Å². The molecule has 0 atom stereocenters. The van der Waals surface area contributed by atoms with Crippen LogP contribution in [0.4, 0.5) is 4.79 Å². The summed E-state index contributed by atoms with van der Waals surface area (Å²) in [6, 6.07) is -0.471. The summed E-state index contributed by atoms with van der Waals surface area (Å²) in [7, 11) is 1.64. The van der Waals surface area contributed by atoms with Gasteiger partial charge in [0.2, 0.25) is 5.91 Å². The molecule has 1 aromatic heterocycles. The average molecular weight is 266 g/mol. The second kappa shape index (κ2) is 5.09. The van der Waals surface area contributed by atoms with E-state index in [0.717, 1.165) is 4.90 Å². The largest absolute Gasteiger partial charge is 0.462 e. The number of imide groups is 1. The zero-order chi connectivity index (χ0) is 14.0. The molecule has 8 nitrogen and oxygen atoms in total. The fourth-order valence-electron chi connectivity index (χ4n) is 1.79. The van der Waals surface area contributed by atoms with Crippen LogP contribution in [0.25, 0.3) is 0 Å². The molecule has 1 N–H and O–H groups in total. The van der Waals surface area contributed by atoms with Crippen LogP contribution in [0.15, 0.2) is 6.20 Å². The molecule has 1 aliphatic heterocycles. The molecule has 0 spiro atoms. The molecule has 19 heavy (non-hydrogen) atoms. The molecule has 3 amide bonds. The summed E-state index contributed by atoms with van der Waals surface area (Å²) < 4.78 is 6.35. The molecular formula is C11H14N4O4. The Morgan fingerprint density at radius 1 is 1.53 bits per heavy atom. The number of urea groups is 1. The van der Waals surface area contributed by atoms with E-state index in [1.165, 1.54) is 10.9 Å². The maximum Gasteiger partial charge on any atom is 0.341 e. The molecule has 1 fully saturated rings. The maximum atomic E-state index is 11.7. The quantitative estimate of drug-likeness (QED) is 0.593. The van der Waals surface area contributed by atoms with Crippen molar-refractivity contribution in [2.75, 3.05) is 13.2 Å².